The summed E-state index contributed by atoms with van der Waals surface area (Å²) >= 11 is 0. The van der Waals surface area contributed by atoms with Gasteiger partial charge in [0.25, 0.3) is 0 Å². The second kappa shape index (κ2) is 7.48. The van der Waals surface area contributed by atoms with Crippen LogP contribution in [0.5, 0.6) is 0 Å². The van der Waals surface area contributed by atoms with E-state index in [-0.39, 0.29) is 0 Å². The molecule has 0 unspecified atom stereocenters. The van der Waals surface area contributed by atoms with Crippen LogP contribution in [0.15, 0.2) is 18.2 Å². The van der Waals surface area contributed by atoms with Crippen molar-refractivity contribution in [3.05, 3.63) is 23.8 Å². The molecule has 1 rings (SSSR count). The van der Waals surface area contributed by atoms with Gasteiger partial charge in [-0.3, -0.25) is 4.79 Å². The first-order valence-electron chi connectivity index (χ1n) is 6.20. The minimum atomic E-state index is 0.596. The van der Waals surface area contributed by atoms with Crippen molar-refractivity contribution >= 4 is 24.1 Å². The Morgan fingerprint density at radius 1 is 1.22 bits per heavy atom. The zero-order valence-electron chi connectivity index (χ0n) is 10.8. The number of anilines is 2. The predicted octanol–water partition coefficient (Wildman–Crippen LogP) is 2.30. The Kier molecular flexibility index (Phi) is 5.91. The fourth-order valence-electron chi connectivity index (χ4n) is 1.74. The zero-order valence-corrected chi connectivity index (χ0v) is 10.8. The van der Waals surface area contributed by atoms with Crippen molar-refractivity contribution in [2.75, 3.05) is 17.2 Å². The molecule has 0 fully saturated rings. The van der Waals surface area contributed by atoms with Crippen LogP contribution in [0.3, 0.4) is 0 Å². The monoisotopic (exact) mass is 248 g/mol. The summed E-state index contributed by atoms with van der Waals surface area (Å²) in [6, 6.07) is 5.62. The number of unbranched alkanes of at least 4 members (excludes halogenated alkanes) is 3. The first kappa shape index (κ1) is 14.2. The van der Waals surface area contributed by atoms with E-state index in [0.29, 0.717) is 18.7 Å². The van der Waals surface area contributed by atoms with Gasteiger partial charge in [-0.05, 0) is 37.5 Å². The van der Waals surface area contributed by atoms with Gasteiger partial charge in [0, 0.05) is 24.3 Å². The topological polar surface area (TPSA) is 63.4 Å². The van der Waals surface area contributed by atoms with Crippen LogP contribution < -0.4 is 10.6 Å². The molecule has 0 saturated heterocycles. The molecule has 1 aromatic rings. The van der Waals surface area contributed by atoms with Gasteiger partial charge in [-0.1, -0.05) is 12.5 Å². The lowest BCUT2D eigenvalue weighted by atomic mass is 10.1. The Hall–Kier alpha value is -1.84. The number of nitrogens with two attached hydrogens (primary N) is 1. The summed E-state index contributed by atoms with van der Waals surface area (Å²) < 4.78 is 0. The molecule has 98 valence electrons. The fourth-order valence-corrected chi connectivity index (χ4v) is 1.74. The molecule has 18 heavy (non-hydrogen) atoms. The molecular weight excluding hydrogens is 228 g/mol. The van der Waals surface area contributed by atoms with Crippen LogP contribution in [0.25, 0.3) is 0 Å². The van der Waals surface area contributed by atoms with E-state index in [1.165, 1.54) is 0 Å². The third-order valence-electron chi connectivity index (χ3n) is 2.94. The molecule has 0 saturated carbocycles. The van der Waals surface area contributed by atoms with Crippen LogP contribution in [0.4, 0.5) is 11.4 Å². The lowest BCUT2D eigenvalue weighted by Crippen LogP contribution is -2.22. The van der Waals surface area contributed by atoms with Crippen LogP contribution in [0.2, 0.25) is 0 Å². The molecule has 1 aromatic carbocycles. The highest BCUT2D eigenvalue weighted by Gasteiger charge is 2.06. The number of nitrogens with zero attached hydrogens (tertiary/aromatic N) is 1. The number of amides is 1. The Bertz CT molecular complexity index is 405. The van der Waals surface area contributed by atoms with Crippen molar-refractivity contribution in [2.45, 2.75) is 32.6 Å². The first-order chi connectivity index (χ1) is 8.69. The second-order valence-electron chi connectivity index (χ2n) is 4.36. The van der Waals surface area contributed by atoms with E-state index in [4.69, 9.17) is 5.73 Å². The lowest BCUT2D eigenvalue weighted by molar-refractivity contribution is -0.108. The maximum Gasteiger partial charge on any atom is 0.214 e. The highest BCUT2D eigenvalue weighted by atomic mass is 16.1. The minimum Gasteiger partial charge on any atom is -0.398 e. The number of nitrogen functional groups attached to an aromatic ring is 1. The Morgan fingerprint density at radius 3 is 2.61 bits per heavy atom. The first-order valence-corrected chi connectivity index (χ1v) is 6.20. The van der Waals surface area contributed by atoms with Gasteiger partial charge < -0.3 is 15.4 Å². The Labute approximate surface area is 108 Å². The molecule has 0 atom stereocenters. The smallest absolute Gasteiger partial charge is 0.214 e. The second-order valence-corrected chi connectivity index (χ2v) is 4.36. The van der Waals surface area contributed by atoms with Gasteiger partial charge in [-0.15, -0.1) is 0 Å². The van der Waals surface area contributed by atoms with Gasteiger partial charge in [0.15, 0.2) is 0 Å². The third-order valence-corrected chi connectivity index (χ3v) is 2.94. The van der Waals surface area contributed by atoms with Crippen molar-refractivity contribution in [1.82, 2.24) is 0 Å². The van der Waals surface area contributed by atoms with Crippen molar-refractivity contribution in [1.29, 1.82) is 0 Å². The molecule has 0 radical (unpaired) electrons. The SMILES string of the molecule is Cc1ccc(N(C=O)CCCCCC=O)cc1N. The van der Waals surface area contributed by atoms with E-state index in [1.54, 1.807) is 4.90 Å². The van der Waals surface area contributed by atoms with Gasteiger partial charge in [0.2, 0.25) is 6.41 Å². The Morgan fingerprint density at radius 2 is 2.00 bits per heavy atom. The summed E-state index contributed by atoms with van der Waals surface area (Å²) in [4.78, 5) is 22.9. The molecule has 1 amide bonds. The van der Waals surface area contributed by atoms with Crippen molar-refractivity contribution in [3.63, 3.8) is 0 Å². The van der Waals surface area contributed by atoms with Gasteiger partial charge in [0.05, 0.1) is 0 Å². The lowest BCUT2D eigenvalue weighted by Gasteiger charge is -2.18. The molecule has 0 heterocycles. The molecule has 0 spiro atoms. The van der Waals surface area contributed by atoms with E-state index in [1.807, 2.05) is 25.1 Å². The summed E-state index contributed by atoms with van der Waals surface area (Å²) in [5.74, 6) is 0. The maximum absolute atomic E-state index is 11.1. The molecule has 0 aliphatic rings. The molecule has 0 bridgehead atoms. The molecule has 0 aliphatic heterocycles. The third kappa shape index (κ3) is 4.20. The van der Waals surface area contributed by atoms with E-state index >= 15 is 0 Å². The van der Waals surface area contributed by atoms with Crippen molar-refractivity contribution < 1.29 is 9.59 Å². The number of hydrogen-bond acceptors (Lipinski definition) is 3. The standard InChI is InChI=1S/C14H20N2O2/c1-12-6-7-13(10-14(12)15)16(11-18)8-4-2-3-5-9-17/h6-7,9-11H,2-5,8,15H2,1H3. The number of rotatable bonds is 8. The molecule has 4 heteroatoms. The summed E-state index contributed by atoms with van der Waals surface area (Å²) in [7, 11) is 0. The highest BCUT2D eigenvalue weighted by Crippen LogP contribution is 2.20. The summed E-state index contributed by atoms with van der Waals surface area (Å²) in [5.41, 5.74) is 8.35. The van der Waals surface area contributed by atoms with E-state index in [0.717, 1.165) is 43.2 Å². The van der Waals surface area contributed by atoms with Crippen molar-refractivity contribution in [3.8, 4) is 0 Å². The van der Waals surface area contributed by atoms with E-state index in [9.17, 15) is 9.59 Å². The molecular formula is C14H20N2O2. The minimum absolute atomic E-state index is 0.596. The van der Waals surface area contributed by atoms with Gasteiger partial charge in [0.1, 0.15) is 6.29 Å². The molecule has 2 N–H and O–H groups in total. The number of aldehydes is 1. The van der Waals surface area contributed by atoms with Gasteiger partial charge in [-0.25, -0.2) is 0 Å². The number of carbonyl (C=O) groups excluding carboxylic acids is 2. The number of hydrogen-bond donors (Lipinski definition) is 1. The largest absolute Gasteiger partial charge is 0.398 e. The van der Waals surface area contributed by atoms with Crippen LogP contribution in [-0.2, 0) is 9.59 Å². The zero-order chi connectivity index (χ0) is 13.4. The van der Waals surface area contributed by atoms with Gasteiger partial charge >= 0.3 is 0 Å². The highest BCUT2D eigenvalue weighted by molar-refractivity contribution is 5.77. The normalized spacial score (nSPS) is 10.1. The predicted molar refractivity (Wildman–Crippen MR) is 73.5 cm³/mol. The maximum atomic E-state index is 11.1. The quantitative estimate of drug-likeness (QED) is 0.436. The van der Waals surface area contributed by atoms with Crippen LogP contribution in [-0.4, -0.2) is 19.2 Å². The molecule has 0 aromatic heterocycles. The van der Waals surface area contributed by atoms with Crippen LogP contribution >= 0.6 is 0 Å². The summed E-state index contributed by atoms with van der Waals surface area (Å²) in [5, 5.41) is 0. The van der Waals surface area contributed by atoms with Gasteiger partial charge in [-0.2, -0.15) is 0 Å². The van der Waals surface area contributed by atoms with E-state index in [2.05, 4.69) is 0 Å². The molecule has 4 nitrogen and oxygen atoms in total. The fraction of sp³-hybridized carbons (Fsp3) is 0.429. The average Bonchev–Trinajstić information content (AvgIpc) is 2.37. The van der Waals surface area contributed by atoms with Crippen LogP contribution in [0, 0.1) is 6.92 Å². The Balaban J connectivity index is 2.52. The number of aryl methyl sites for hydroxylation is 1. The van der Waals surface area contributed by atoms with Crippen LogP contribution in [0.1, 0.15) is 31.2 Å². The van der Waals surface area contributed by atoms with Crippen molar-refractivity contribution in [2.24, 2.45) is 0 Å². The number of carbonyl (C=O) groups is 2. The number of benzene rings is 1. The van der Waals surface area contributed by atoms with E-state index < -0.39 is 0 Å². The summed E-state index contributed by atoms with van der Waals surface area (Å²) in [6.07, 6.45) is 5.07. The summed E-state index contributed by atoms with van der Waals surface area (Å²) in [6.45, 7) is 2.59. The molecule has 0 aliphatic carbocycles. The average molecular weight is 248 g/mol.